The van der Waals surface area contributed by atoms with E-state index in [2.05, 4.69) is 15.3 Å². The van der Waals surface area contributed by atoms with Gasteiger partial charge in [0.1, 0.15) is 29.1 Å². The first-order chi connectivity index (χ1) is 11.9. The van der Waals surface area contributed by atoms with Crippen LogP contribution in [0.25, 0.3) is 0 Å². The first-order valence-corrected chi connectivity index (χ1v) is 7.93. The number of nitrogen functional groups attached to an aromatic ring is 1. The van der Waals surface area contributed by atoms with Crippen LogP contribution in [0.5, 0.6) is 0 Å². The first-order valence-electron chi connectivity index (χ1n) is 7.17. The Morgan fingerprint density at radius 2 is 1.80 bits per heavy atom. The van der Waals surface area contributed by atoms with Crippen LogP contribution in [-0.4, -0.2) is 38.9 Å². The van der Waals surface area contributed by atoms with Gasteiger partial charge in [0.05, 0.1) is 5.56 Å². The molecule has 0 aliphatic rings. The molecule has 0 saturated carbocycles. The van der Waals surface area contributed by atoms with Gasteiger partial charge in [-0.05, 0) is 5.56 Å². The number of carbonyl (C=O) groups is 1. The zero-order valence-corrected chi connectivity index (χ0v) is 14.4. The molecular formula is C15H16Cl2N4O4. The van der Waals surface area contributed by atoms with Crippen molar-refractivity contribution >= 4 is 35.2 Å². The standard InChI is InChI=1S/C15H16Cl2N4O4/c16-12-10(13(17)21-14(18)20-12)11(23)9(22)6-19-15(24)25-7-8-4-2-1-3-5-8/h1-5,9,11,22-23H,6-7H2,(H,19,24)(H2,18,20,21). The minimum atomic E-state index is -1.52. The van der Waals surface area contributed by atoms with E-state index in [1.807, 2.05) is 18.2 Å². The minimum Gasteiger partial charge on any atom is -0.445 e. The monoisotopic (exact) mass is 386 g/mol. The number of benzene rings is 1. The van der Waals surface area contributed by atoms with Gasteiger partial charge in [-0.2, -0.15) is 0 Å². The van der Waals surface area contributed by atoms with Gasteiger partial charge in [-0.25, -0.2) is 14.8 Å². The predicted octanol–water partition coefficient (Wildman–Crippen LogP) is 1.69. The van der Waals surface area contributed by atoms with Crippen molar-refractivity contribution in [2.45, 2.75) is 18.8 Å². The second kappa shape index (κ2) is 8.82. The molecule has 1 aromatic heterocycles. The number of rotatable bonds is 6. The number of aliphatic hydroxyl groups is 2. The number of carbonyl (C=O) groups excluding carboxylic acids is 1. The van der Waals surface area contributed by atoms with Crippen molar-refractivity contribution < 1.29 is 19.7 Å². The number of anilines is 1. The molecule has 0 aliphatic heterocycles. The summed E-state index contributed by atoms with van der Waals surface area (Å²) in [5.41, 5.74) is 6.11. The summed E-state index contributed by atoms with van der Waals surface area (Å²) in [6.45, 7) is -0.222. The van der Waals surface area contributed by atoms with E-state index >= 15 is 0 Å². The molecule has 1 heterocycles. The van der Waals surface area contributed by atoms with Crippen LogP contribution in [0.1, 0.15) is 17.2 Å². The Labute approximate surface area is 153 Å². The number of aromatic nitrogens is 2. The maximum atomic E-state index is 11.6. The summed E-state index contributed by atoms with van der Waals surface area (Å²) in [6, 6.07) is 9.09. The highest BCUT2D eigenvalue weighted by Crippen LogP contribution is 2.30. The van der Waals surface area contributed by atoms with E-state index in [4.69, 9.17) is 33.7 Å². The second-order valence-electron chi connectivity index (χ2n) is 5.03. The van der Waals surface area contributed by atoms with Crippen LogP contribution in [-0.2, 0) is 11.3 Å². The minimum absolute atomic E-state index is 0.0782. The van der Waals surface area contributed by atoms with Crippen molar-refractivity contribution in [1.29, 1.82) is 0 Å². The quantitative estimate of drug-likeness (QED) is 0.555. The number of amides is 1. The van der Waals surface area contributed by atoms with Crippen LogP contribution in [0, 0.1) is 0 Å². The molecule has 5 N–H and O–H groups in total. The van der Waals surface area contributed by atoms with Crippen LogP contribution in [0.15, 0.2) is 30.3 Å². The van der Waals surface area contributed by atoms with Gasteiger partial charge in [-0.1, -0.05) is 53.5 Å². The van der Waals surface area contributed by atoms with Crippen LogP contribution in [0.3, 0.4) is 0 Å². The number of ether oxygens (including phenoxy) is 1. The molecule has 1 amide bonds. The fourth-order valence-electron chi connectivity index (χ4n) is 1.94. The van der Waals surface area contributed by atoms with Crippen molar-refractivity contribution in [3.63, 3.8) is 0 Å². The van der Waals surface area contributed by atoms with Crippen LogP contribution < -0.4 is 11.1 Å². The van der Waals surface area contributed by atoms with Gasteiger partial charge in [0.15, 0.2) is 0 Å². The molecule has 2 atom stereocenters. The van der Waals surface area contributed by atoms with E-state index < -0.39 is 18.3 Å². The molecule has 0 aliphatic carbocycles. The number of aliphatic hydroxyl groups excluding tert-OH is 2. The van der Waals surface area contributed by atoms with E-state index in [-0.39, 0.29) is 35.0 Å². The number of hydrogen-bond donors (Lipinski definition) is 4. The first kappa shape index (κ1) is 19.2. The van der Waals surface area contributed by atoms with Crippen molar-refractivity contribution in [2.24, 2.45) is 0 Å². The maximum Gasteiger partial charge on any atom is 0.407 e. The van der Waals surface area contributed by atoms with Crippen molar-refractivity contribution in [3.8, 4) is 0 Å². The summed E-state index contributed by atoms with van der Waals surface area (Å²) in [5.74, 6) is -0.164. The normalized spacial score (nSPS) is 13.1. The molecular weight excluding hydrogens is 371 g/mol. The highest BCUT2D eigenvalue weighted by Gasteiger charge is 2.26. The molecule has 2 rings (SSSR count). The number of nitrogens with zero attached hydrogens (tertiary/aromatic N) is 2. The Balaban J connectivity index is 1.87. The summed E-state index contributed by atoms with van der Waals surface area (Å²) in [5, 5.41) is 22.1. The Hall–Kier alpha value is -2.13. The van der Waals surface area contributed by atoms with Gasteiger partial charge in [0.2, 0.25) is 5.95 Å². The van der Waals surface area contributed by atoms with Crippen LogP contribution in [0.2, 0.25) is 10.3 Å². The smallest absolute Gasteiger partial charge is 0.407 e. The molecule has 2 unspecified atom stereocenters. The van der Waals surface area contributed by atoms with E-state index in [0.29, 0.717) is 0 Å². The molecule has 0 saturated heterocycles. The summed E-state index contributed by atoms with van der Waals surface area (Å²) >= 11 is 11.7. The van der Waals surface area contributed by atoms with Gasteiger partial charge < -0.3 is 26.0 Å². The molecule has 8 nitrogen and oxygen atoms in total. The average molecular weight is 387 g/mol. The largest absolute Gasteiger partial charge is 0.445 e. The molecule has 10 heteroatoms. The van der Waals surface area contributed by atoms with E-state index in [1.165, 1.54) is 0 Å². The molecule has 0 fully saturated rings. The number of hydrogen-bond acceptors (Lipinski definition) is 7. The molecule has 0 spiro atoms. The average Bonchev–Trinajstić information content (AvgIpc) is 2.57. The Morgan fingerprint density at radius 3 is 2.40 bits per heavy atom. The lowest BCUT2D eigenvalue weighted by molar-refractivity contribution is 0.0181. The topological polar surface area (TPSA) is 131 Å². The van der Waals surface area contributed by atoms with Gasteiger partial charge >= 0.3 is 6.09 Å². The van der Waals surface area contributed by atoms with Crippen LogP contribution in [0.4, 0.5) is 10.7 Å². The fourth-order valence-corrected chi connectivity index (χ4v) is 2.57. The summed E-state index contributed by atoms with van der Waals surface area (Å²) in [4.78, 5) is 19.0. The number of halogens is 2. The van der Waals surface area contributed by atoms with E-state index in [9.17, 15) is 15.0 Å². The second-order valence-corrected chi connectivity index (χ2v) is 5.75. The van der Waals surface area contributed by atoms with E-state index in [1.54, 1.807) is 12.1 Å². The molecule has 1 aromatic carbocycles. The number of nitrogens with one attached hydrogen (secondary N) is 1. The number of alkyl carbamates (subject to hydrolysis) is 1. The number of nitrogens with two attached hydrogens (primary N) is 1. The Bertz CT molecular complexity index is 710. The van der Waals surface area contributed by atoms with Gasteiger partial charge in [0.25, 0.3) is 0 Å². The summed E-state index contributed by atoms with van der Waals surface area (Å²) in [6.07, 6.45) is -3.68. The lowest BCUT2D eigenvalue weighted by Crippen LogP contribution is -2.36. The Morgan fingerprint density at radius 1 is 1.20 bits per heavy atom. The predicted molar refractivity (Wildman–Crippen MR) is 92.1 cm³/mol. The maximum absolute atomic E-state index is 11.6. The zero-order chi connectivity index (χ0) is 18.4. The summed E-state index contributed by atoms with van der Waals surface area (Å²) < 4.78 is 4.99. The lowest BCUT2D eigenvalue weighted by Gasteiger charge is -2.19. The Kier molecular flexibility index (Phi) is 6.77. The highest BCUT2D eigenvalue weighted by atomic mass is 35.5. The summed E-state index contributed by atoms with van der Waals surface area (Å²) in [7, 11) is 0. The highest BCUT2D eigenvalue weighted by molar-refractivity contribution is 6.34. The van der Waals surface area contributed by atoms with Crippen LogP contribution >= 0.6 is 23.2 Å². The third-order valence-corrected chi connectivity index (χ3v) is 3.77. The van der Waals surface area contributed by atoms with Gasteiger partial charge in [-0.15, -0.1) is 0 Å². The molecule has 2 aromatic rings. The SMILES string of the molecule is Nc1nc(Cl)c(C(O)C(O)CNC(=O)OCc2ccccc2)c(Cl)n1. The fraction of sp³-hybridized carbons (Fsp3) is 0.267. The molecule has 25 heavy (non-hydrogen) atoms. The molecule has 0 bridgehead atoms. The zero-order valence-electron chi connectivity index (χ0n) is 12.9. The third-order valence-electron chi connectivity index (χ3n) is 3.20. The lowest BCUT2D eigenvalue weighted by atomic mass is 10.1. The third kappa shape index (κ3) is 5.43. The van der Waals surface area contributed by atoms with E-state index in [0.717, 1.165) is 5.56 Å². The van der Waals surface area contributed by atoms with Crippen molar-refractivity contribution in [2.75, 3.05) is 12.3 Å². The molecule has 0 radical (unpaired) electrons. The molecule has 134 valence electrons. The van der Waals surface area contributed by atoms with Gasteiger partial charge in [-0.3, -0.25) is 0 Å². The van der Waals surface area contributed by atoms with Gasteiger partial charge in [0, 0.05) is 6.54 Å². The van der Waals surface area contributed by atoms with Crippen molar-refractivity contribution in [3.05, 3.63) is 51.8 Å². The van der Waals surface area contributed by atoms with Crippen molar-refractivity contribution in [1.82, 2.24) is 15.3 Å².